The molecule has 0 bridgehead atoms. The van der Waals surface area contributed by atoms with Gasteiger partial charge in [-0.1, -0.05) is 96.6 Å². The van der Waals surface area contributed by atoms with Gasteiger partial charge in [0.05, 0.1) is 11.1 Å². The number of carbonyl (C=O) groups excluding carboxylic acids is 2. The summed E-state index contributed by atoms with van der Waals surface area (Å²) in [6.45, 7) is 2.01. The molecule has 5 aromatic carbocycles. The Kier molecular flexibility index (Phi) is 7.03. The van der Waals surface area contributed by atoms with E-state index >= 15 is 0 Å². The topological polar surface area (TPSA) is 74.6 Å². The molecule has 0 aromatic heterocycles. The third kappa shape index (κ3) is 4.97. The lowest BCUT2D eigenvalue weighted by molar-refractivity contribution is 0.111. The lowest BCUT2D eigenvalue weighted by Gasteiger charge is -2.09. The monoisotopic (exact) mass is 460 g/mol. The van der Waals surface area contributed by atoms with Crippen molar-refractivity contribution in [3.05, 3.63) is 120 Å². The minimum atomic E-state index is 0.0360. The molecule has 0 heterocycles. The van der Waals surface area contributed by atoms with Crippen LogP contribution in [0.4, 0.5) is 0 Å². The Morgan fingerprint density at radius 2 is 1.06 bits per heavy atom. The van der Waals surface area contributed by atoms with Crippen molar-refractivity contribution in [2.24, 2.45) is 0 Å². The molecule has 5 rings (SSSR count). The van der Waals surface area contributed by atoms with Gasteiger partial charge in [0.25, 0.3) is 0 Å². The third-order valence-electron chi connectivity index (χ3n) is 5.83. The van der Waals surface area contributed by atoms with Crippen molar-refractivity contribution in [3.63, 3.8) is 0 Å². The average Bonchev–Trinajstić information content (AvgIpc) is 2.90. The zero-order valence-electron chi connectivity index (χ0n) is 19.2. The van der Waals surface area contributed by atoms with E-state index in [4.69, 9.17) is 0 Å². The number of benzene rings is 5. The smallest absolute Gasteiger partial charge is 0.153 e. The fourth-order valence-corrected chi connectivity index (χ4v) is 3.96. The van der Waals surface area contributed by atoms with Crippen LogP contribution in [0.25, 0.3) is 33.0 Å². The molecule has 0 aliphatic rings. The van der Waals surface area contributed by atoms with Crippen molar-refractivity contribution in [3.8, 4) is 33.8 Å². The second-order valence-corrected chi connectivity index (χ2v) is 8.12. The average molecular weight is 461 g/mol. The van der Waals surface area contributed by atoms with Crippen molar-refractivity contribution in [2.75, 3.05) is 0 Å². The summed E-state index contributed by atoms with van der Waals surface area (Å²) < 4.78 is 0. The Balaban J connectivity index is 0.000000168. The van der Waals surface area contributed by atoms with Crippen LogP contribution in [0.15, 0.2) is 103 Å². The standard InChI is InChI=1S/C17H12O2.C14H12O2/c18-11-13-7-4-10-16(17(13)19)15-9-3-6-12-5-1-2-8-14(12)15;1-10-5-7-11(8-6-10)13-4-2-3-12(9-15)14(13)16/h1-11,19H;2-9,16H,1H3. The largest absolute Gasteiger partial charge is 0.507 e. The molecule has 0 unspecified atom stereocenters. The number of hydrogen-bond donors (Lipinski definition) is 2. The van der Waals surface area contributed by atoms with E-state index in [1.807, 2.05) is 79.7 Å². The normalized spacial score (nSPS) is 10.3. The summed E-state index contributed by atoms with van der Waals surface area (Å²) in [7, 11) is 0. The molecule has 0 aliphatic heterocycles. The van der Waals surface area contributed by atoms with E-state index in [1.54, 1.807) is 30.3 Å². The Bertz CT molecular complexity index is 1500. The Labute approximate surface area is 203 Å². The van der Waals surface area contributed by atoms with Crippen LogP contribution in [-0.2, 0) is 0 Å². The van der Waals surface area contributed by atoms with Gasteiger partial charge < -0.3 is 10.2 Å². The molecular formula is C31H24O4. The molecule has 5 aromatic rings. The van der Waals surface area contributed by atoms with Gasteiger partial charge in [-0.05, 0) is 41.0 Å². The first kappa shape index (κ1) is 23.5. The molecule has 4 heteroatoms. The number of phenolic OH excluding ortho intramolecular Hbond substituents is 2. The van der Waals surface area contributed by atoms with Crippen LogP contribution in [0.3, 0.4) is 0 Å². The highest BCUT2D eigenvalue weighted by Gasteiger charge is 2.11. The first-order chi connectivity index (χ1) is 17.0. The molecule has 0 radical (unpaired) electrons. The van der Waals surface area contributed by atoms with Crippen molar-refractivity contribution in [1.29, 1.82) is 0 Å². The number of aryl methyl sites for hydroxylation is 1. The van der Waals surface area contributed by atoms with E-state index in [9.17, 15) is 19.8 Å². The van der Waals surface area contributed by atoms with E-state index in [-0.39, 0.29) is 11.5 Å². The number of fused-ring (bicyclic) bond motifs is 1. The van der Waals surface area contributed by atoms with Gasteiger partial charge in [-0.15, -0.1) is 0 Å². The lowest BCUT2D eigenvalue weighted by Crippen LogP contribution is -1.86. The molecule has 0 fully saturated rings. The summed E-state index contributed by atoms with van der Waals surface area (Å²) in [4.78, 5) is 21.6. The maximum atomic E-state index is 10.9. The summed E-state index contributed by atoms with van der Waals surface area (Å²) >= 11 is 0. The molecule has 0 spiro atoms. The highest BCUT2D eigenvalue weighted by Crippen LogP contribution is 2.36. The summed E-state index contributed by atoms with van der Waals surface area (Å²) in [5.41, 5.74) is 5.00. The predicted octanol–water partition coefficient (Wildman–Crippen LogP) is 7.21. The highest BCUT2D eigenvalue weighted by atomic mass is 16.3. The molecule has 35 heavy (non-hydrogen) atoms. The molecular weight excluding hydrogens is 436 g/mol. The summed E-state index contributed by atoms with van der Waals surface area (Å²) in [5, 5.41) is 22.2. The fourth-order valence-electron chi connectivity index (χ4n) is 3.96. The Morgan fingerprint density at radius 3 is 1.71 bits per heavy atom. The molecule has 0 saturated heterocycles. The van der Waals surface area contributed by atoms with Gasteiger partial charge in [0.2, 0.25) is 0 Å². The SMILES string of the molecule is Cc1ccc(-c2cccc(C=O)c2O)cc1.O=Cc1cccc(-c2cccc3ccccc23)c1O. The van der Waals surface area contributed by atoms with Gasteiger partial charge in [-0.2, -0.15) is 0 Å². The summed E-state index contributed by atoms with van der Waals surface area (Å²) in [5.74, 6) is 0.0789. The van der Waals surface area contributed by atoms with Gasteiger partial charge >= 0.3 is 0 Å². The van der Waals surface area contributed by atoms with Gasteiger partial charge in [0, 0.05) is 11.1 Å². The number of rotatable bonds is 4. The van der Waals surface area contributed by atoms with Gasteiger partial charge in [0.1, 0.15) is 11.5 Å². The zero-order valence-corrected chi connectivity index (χ0v) is 19.2. The molecule has 0 aliphatic carbocycles. The van der Waals surface area contributed by atoms with Crippen LogP contribution in [0.1, 0.15) is 26.3 Å². The fraction of sp³-hybridized carbons (Fsp3) is 0.0323. The van der Waals surface area contributed by atoms with Crippen molar-refractivity contribution in [1.82, 2.24) is 0 Å². The Morgan fingerprint density at radius 1 is 0.543 bits per heavy atom. The maximum Gasteiger partial charge on any atom is 0.153 e. The summed E-state index contributed by atoms with van der Waals surface area (Å²) in [6.07, 6.45) is 1.33. The highest BCUT2D eigenvalue weighted by molar-refractivity contribution is 5.99. The molecule has 0 amide bonds. The molecule has 2 N–H and O–H groups in total. The second kappa shape index (κ2) is 10.5. The molecule has 0 atom stereocenters. The predicted molar refractivity (Wildman–Crippen MR) is 140 cm³/mol. The van der Waals surface area contributed by atoms with Crippen LogP contribution in [0.5, 0.6) is 11.5 Å². The van der Waals surface area contributed by atoms with Crippen molar-refractivity contribution < 1.29 is 19.8 Å². The van der Waals surface area contributed by atoms with Crippen LogP contribution in [0, 0.1) is 6.92 Å². The van der Waals surface area contributed by atoms with E-state index in [0.717, 1.165) is 27.5 Å². The van der Waals surface area contributed by atoms with Crippen LogP contribution in [-0.4, -0.2) is 22.8 Å². The second-order valence-electron chi connectivity index (χ2n) is 8.12. The van der Waals surface area contributed by atoms with Crippen LogP contribution < -0.4 is 0 Å². The minimum absolute atomic E-state index is 0.0360. The van der Waals surface area contributed by atoms with Gasteiger partial charge in [-0.3, -0.25) is 9.59 Å². The maximum absolute atomic E-state index is 10.9. The zero-order chi connectivity index (χ0) is 24.8. The molecule has 172 valence electrons. The van der Waals surface area contributed by atoms with E-state index in [1.165, 1.54) is 0 Å². The number of para-hydroxylation sites is 2. The number of aldehydes is 2. The van der Waals surface area contributed by atoms with E-state index in [0.29, 0.717) is 34.8 Å². The van der Waals surface area contributed by atoms with E-state index < -0.39 is 0 Å². The minimum Gasteiger partial charge on any atom is -0.507 e. The van der Waals surface area contributed by atoms with Crippen LogP contribution >= 0.6 is 0 Å². The number of carbonyl (C=O) groups is 2. The quantitative estimate of drug-likeness (QED) is 0.278. The number of phenols is 2. The van der Waals surface area contributed by atoms with Crippen molar-refractivity contribution >= 4 is 23.3 Å². The first-order valence-electron chi connectivity index (χ1n) is 11.1. The molecule has 4 nitrogen and oxygen atoms in total. The summed E-state index contributed by atoms with van der Waals surface area (Å²) in [6, 6.07) is 32.1. The first-order valence-corrected chi connectivity index (χ1v) is 11.1. The number of aromatic hydroxyl groups is 2. The number of hydrogen-bond acceptors (Lipinski definition) is 4. The van der Waals surface area contributed by atoms with Crippen molar-refractivity contribution in [2.45, 2.75) is 6.92 Å². The van der Waals surface area contributed by atoms with E-state index in [2.05, 4.69) is 0 Å². The van der Waals surface area contributed by atoms with Gasteiger partial charge in [0.15, 0.2) is 12.6 Å². The van der Waals surface area contributed by atoms with Gasteiger partial charge in [-0.25, -0.2) is 0 Å². The van der Waals surface area contributed by atoms with Crippen LogP contribution in [0.2, 0.25) is 0 Å². The Hall–Kier alpha value is -4.70. The third-order valence-corrected chi connectivity index (χ3v) is 5.83. The lowest BCUT2D eigenvalue weighted by atomic mass is 9.96. The molecule has 0 saturated carbocycles.